The van der Waals surface area contributed by atoms with Crippen LogP contribution < -0.4 is 0 Å². The molecule has 0 radical (unpaired) electrons. The molecule has 6 heteroatoms. The lowest BCUT2D eigenvalue weighted by Crippen LogP contribution is -2.48. The van der Waals surface area contributed by atoms with Crippen LogP contribution in [0.2, 0.25) is 0 Å². The zero-order valence-corrected chi connectivity index (χ0v) is 14.6. The summed E-state index contributed by atoms with van der Waals surface area (Å²) in [7, 11) is 0. The maximum atomic E-state index is 13.0. The molecule has 1 saturated carbocycles. The second-order valence-electron chi connectivity index (χ2n) is 6.62. The van der Waals surface area contributed by atoms with Crippen molar-refractivity contribution in [1.29, 1.82) is 10.5 Å². The van der Waals surface area contributed by atoms with Crippen LogP contribution in [-0.4, -0.2) is 11.0 Å². The average molecular weight is 355 g/mol. The number of hydrogen-bond donors (Lipinski definition) is 0. The summed E-state index contributed by atoms with van der Waals surface area (Å²) in [6.45, 7) is 0. The Balaban J connectivity index is 1.87. The van der Waals surface area contributed by atoms with E-state index in [0.29, 0.717) is 23.6 Å². The summed E-state index contributed by atoms with van der Waals surface area (Å²) in [4.78, 5) is 16.5. The maximum Gasteiger partial charge on any atom is 0.264 e. The van der Waals surface area contributed by atoms with Gasteiger partial charge in [-0.25, -0.2) is 9.38 Å². The summed E-state index contributed by atoms with van der Waals surface area (Å²) >= 11 is 1.35. The van der Waals surface area contributed by atoms with Crippen molar-refractivity contribution >= 4 is 22.7 Å². The van der Waals surface area contributed by atoms with Crippen molar-refractivity contribution in [3.05, 3.63) is 35.6 Å². The molecule has 0 bridgehead atoms. The molecular formula is C19H18FN3OS. The number of nitrogens with zero attached hydrogens (tertiary/aromatic N) is 3. The Labute approximate surface area is 150 Å². The molecule has 2 aliphatic rings. The number of rotatable bonds is 2. The van der Waals surface area contributed by atoms with Crippen LogP contribution in [0, 0.1) is 45.7 Å². The van der Waals surface area contributed by atoms with Crippen LogP contribution in [0.1, 0.15) is 37.7 Å². The van der Waals surface area contributed by atoms with E-state index in [9.17, 15) is 19.7 Å². The molecule has 1 aromatic carbocycles. The van der Waals surface area contributed by atoms with E-state index in [0.717, 1.165) is 24.8 Å². The molecule has 2 unspecified atom stereocenters. The number of thioether (sulfide) groups is 1. The summed E-state index contributed by atoms with van der Waals surface area (Å²) in [5.41, 5.74) is 0.296. The molecule has 1 amide bonds. The molecule has 1 heterocycles. The largest absolute Gasteiger partial charge is 0.271 e. The molecule has 4 nitrogen and oxygen atoms in total. The topological polar surface area (TPSA) is 77.0 Å². The molecular weight excluding hydrogens is 337 g/mol. The van der Waals surface area contributed by atoms with E-state index in [1.807, 2.05) is 0 Å². The van der Waals surface area contributed by atoms with Gasteiger partial charge in [-0.05, 0) is 30.5 Å². The number of aliphatic imine (C=N–C) groups is 1. The smallest absolute Gasteiger partial charge is 0.264 e. The highest BCUT2D eigenvalue weighted by Crippen LogP contribution is 2.52. The average Bonchev–Trinajstić information content (AvgIpc) is 2.62. The third-order valence-electron chi connectivity index (χ3n) is 5.21. The highest BCUT2D eigenvalue weighted by Gasteiger charge is 2.54. The summed E-state index contributed by atoms with van der Waals surface area (Å²) in [5, 5.41) is 19.8. The van der Waals surface area contributed by atoms with E-state index >= 15 is 0 Å². The lowest BCUT2D eigenvalue weighted by atomic mass is 9.58. The zero-order chi connectivity index (χ0) is 17.9. The van der Waals surface area contributed by atoms with Gasteiger partial charge in [-0.15, -0.1) is 11.8 Å². The number of nitriles is 2. The summed E-state index contributed by atoms with van der Waals surface area (Å²) < 4.78 is 13.0. The standard InChI is InChI=1S/C19H18FN3OS/c20-14-6-4-13(5-7-14)12-25-18-16(11-22)19(8-2-1-3-9-19)15(10-21)17(24)23-18/h4-7,15-16H,1-3,8-9,12H2. The normalized spacial score (nSPS) is 25.1. The fourth-order valence-electron chi connectivity index (χ4n) is 3.90. The van der Waals surface area contributed by atoms with Crippen molar-refractivity contribution in [2.24, 2.45) is 22.2 Å². The van der Waals surface area contributed by atoms with Crippen LogP contribution in [0.3, 0.4) is 0 Å². The van der Waals surface area contributed by atoms with E-state index in [1.165, 1.54) is 23.9 Å². The molecule has 1 fully saturated rings. The van der Waals surface area contributed by atoms with E-state index in [4.69, 9.17) is 0 Å². The first-order valence-electron chi connectivity index (χ1n) is 8.39. The number of carbonyl (C=O) groups excluding carboxylic acids is 1. The van der Waals surface area contributed by atoms with Crippen molar-refractivity contribution in [1.82, 2.24) is 0 Å². The number of halogens is 1. The lowest BCUT2D eigenvalue weighted by molar-refractivity contribution is -0.125. The first-order chi connectivity index (χ1) is 12.1. The molecule has 25 heavy (non-hydrogen) atoms. The Morgan fingerprint density at radius 1 is 1.12 bits per heavy atom. The minimum absolute atomic E-state index is 0.299. The lowest BCUT2D eigenvalue weighted by Gasteiger charge is -2.44. The molecule has 1 aliphatic carbocycles. The zero-order valence-electron chi connectivity index (χ0n) is 13.7. The summed E-state index contributed by atoms with van der Waals surface area (Å²) in [6, 6.07) is 10.6. The SMILES string of the molecule is N#CC1C(=O)N=C(SCc2ccc(F)cc2)C(C#N)C12CCCCC2. The van der Waals surface area contributed by atoms with Gasteiger partial charge >= 0.3 is 0 Å². The first-order valence-corrected chi connectivity index (χ1v) is 9.38. The minimum atomic E-state index is -0.826. The van der Waals surface area contributed by atoms with Gasteiger partial charge in [0.15, 0.2) is 0 Å². The Morgan fingerprint density at radius 2 is 1.76 bits per heavy atom. The van der Waals surface area contributed by atoms with Gasteiger partial charge in [0, 0.05) is 11.2 Å². The first kappa shape index (κ1) is 17.6. The van der Waals surface area contributed by atoms with Crippen molar-refractivity contribution in [3.8, 4) is 12.1 Å². The Morgan fingerprint density at radius 3 is 2.36 bits per heavy atom. The fraction of sp³-hybridized carbons (Fsp3) is 0.474. The quantitative estimate of drug-likeness (QED) is 0.795. The monoisotopic (exact) mass is 355 g/mol. The third kappa shape index (κ3) is 3.32. The molecule has 1 aliphatic heterocycles. The van der Waals surface area contributed by atoms with E-state index in [2.05, 4.69) is 17.1 Å². The Bertz CT molecular complexity index is 769. The predicted octanol–water partition coefficient (Wildman–Crippen LogP) is 4.23. The van der Waals surface area contributed by atoms with Crippen LogP contribution in [0.5, 0.6) is 0 Å². The van der Waals surface area contributed by atoms with Crippen molar-refractivity contribution in [2.45, 2.75) is 37.9 Å². The number of benzene rings is 1. The van der Waals surface area contributed by atoms with Gasteiger partial charge in [0.25, 0.3) is 5.91 Å². The van der Waals surface area contributed by atoms with Gasteiger partial charge in [-0.1, -0.05) is 31.4 Å². The molecule has 3 rings (SSSR count). The van der Waals surface area contributed by atoms with Gasteiger partial charge in [0.1, 0.15) is 17.7 Å². The van der Waals surface area contributed by atoms with Gasteiger partial charge < -0.3 is 0 Å². The van der Waals surface area contributed by atoms with Crippen molar-refractivity contribution in [2.75, 3.05) is 0 Å². The van der Waals surface area contributed by atoms with Crippen molar-refractivity contribution < 1.29 is 9.18 Å². The van der Waals surface area contributed by atoms with Crippen LogP contribution >= 0.6 is 11.8 Å². The molecule has 1 aromatic rings. The van der Waals surface area contributed by atoms with Gasteiger partial charge in [0.05, 0.1) is 17.2 Å². The van der Waals surface area contributed by atoms with Gasteiger partial charge in [-0.2, -0.15) is 10.5 Å². The van der Waals surface area contributed by atoms with Crippen molar-refractivity contribution in [3.63, 3.8) is 0 Å². The van der Waals surface area contributed by atoms with Crippen LogP contribution in [0.25, 0.3) is 0 Å². The minimum Gasteiger partial charge on any atom is -0.271 e. The Kier molecular flexibility index (Phi) is 5.20. The molecule has 128 valence electrons. The predicted molar refractivity (Wildman–Crippen MR) is 93.9 cm³/mol. The van der Waals surface area contributed by atoms with E-state index in [1.54, 1.807) is 12.1 Å². The van der Waals surface area contributed by atoms with Gasteiger partial charge in [0.2, 0.25) is 0 Å². The third-order valence-corrected chi connectivity index (χ3v) is 6.31. The number of amides is 1. The number of hydrogen-bond acceptors (Lipinski definition) is 4. The Hall–Kier alpha value is -2.18. The summed E-state index contributed by atoms with van der Waals surface area (Å²) in [6.07, 6.45) is 4.36. The van der Waals surface area contributed by atoms with Crippen LogP contribution in [0.4, 0.5) is 4.39 Å². The van der Waals surface area contributed by atoms with E-state index in [-0.39, 0.29) is 5.82 Å². The second-order valence-corrected chi connectivity index (χ2v) is 7.62. The van der Waals surface area contributed by atoms with Gasteiger partial charge in [-0.3, -0.25) is 4.79 Å². The van der Waals surface area contributed by atoms with Crippen LogP contribution in [0.15, 0.2) is 29.3 Å². The molecule has 0 N–H and O–H groups in total. The summed E-state index contributed by atoms with van der Waals surface area (Å²) in [5.74, 6) is -1.56. The second kappa shape index (κ2) is 7.37. The highest BCUT2D eigenvalue weighted by molar-refractivity contribution is 8.13. The molecule has 2 atom stereocenters. The van der Waals surface area contributed by atoms with Crippen LogP contribution in [-0.2, 0) is 10.5 Å². The van der Waals surface area contributed by atoms with E-state index < -0.39 is 23.2 Å². The molecule has 0 aromatic heterocycles. The molecule has 0 saturated heterocycles. The maximum absolute atomic E-state index is 13.0. The highest BCUT2D eigenvalue weighted by atomic mass is 32.2. The number of carbonyl (C=O) groups is 1. The fourth-order valence-corrected chi connectivity index (χ4v) is 5.02. The molecule has 1 spiro atoms.